The van der Waals surface area contributed by atoms with Crippen LogP contribution in [-0.4, -0.2) is 20.8 Å². The Morgan fingerprint density at radius 3 is 2.17 bits per heavy atom. The van der Waals surface area contributed by atoms with E-state index in [-0.39, 0.29) is 0 Å². The molecule has 0 aromatic heterocycles. The van der Waals surface area contributed by atoms with Gasteiger partial charge in [-0.2, -0.15) is 0 Å². The molecule has 4 nitrogen and oxygen atoms in total. The molecule has 0 radical (unpaired) electrons. The second kappa shape index (κ2) is 6.99. The van der Waals surface area contributed by atoms with Crippen LogP contribution >= 0.6 is 0 Å². The average Bonchev–Trinajstić information content (AvgIpc) is 2.40. The summed E-state index contributed by atoms with van der Waals surface area (Å²) in [6, 6.07) is 3.67. The van der Waals surface area contributed by atoms with Crippen molar-refractivity contribution in [2.45, 2.75) is 26.7 Å². The highest BCUT2D eigenvalue weighted by Crippen LogP contribution is 2.34. The van der Waals surface area contributed by atoms with E-state index in [9.17, 15) is 0 Å². The minimum Gasteiger partial charge on any atom is -0.493 e. The fraction of sp³-hybridized carbons (Fsp3) is 0.571. The minimum absolute atomic E-state index is 0.656. The summed E-state index contributed by atoms with van der Waals surface area (Å²) in [6.07, 6.45) is 2.33. The summed E-state index contributed by atoms with van der Waals surface area (Å²) in [5.41, 5.74) is 7.57. The quantitative estimate of drug-likeness (QED) is 0.732. The van der Waals surface area contributed by atoms with E-state index in [1.165, 1.54) is 0 Å². The average molecular weight is 252 g/mol. The normalized spacial score (nSPS) is 10.5. The molecule has 102 valence electrons. The van der Waals surface area contributed by atoms with Gasteiger partial charge in [-0.05, 0) is 5.92 Å². The van der Waals surface area contributed by atoms with Gasteiger partial charge in [-0.15, -0.1) is 0 Å². The molecule has 0 heterocycles. The Labute approximate surface area is 109 Å². The van der Waals surface area contributed by atoms with Crippen LogP contribution in [0, 0.1) is 5.92 Å². The fourth-order valence-electron chi connectivity index (χ4n) is 1.88. The second-order valence-corrected chi connectivity index (χ2v) is 4.36. The number of hydrogen-bond acceptors (Lipinski definition) is 4. The molecule has 1 aromatic rings. The molecule has 1 aromatic carbocycles. The molecule has 0 unspecified atom stereocenters. The summed E-state index contributed by atoms with van der Waals surface area (Å²) in [7, 11) is 3.23. The van der Waals surface area contributed by atoms with Gasteiger partial charge in [-0.1, -0.05) is 26.7 Å². The molecule has 0 aliphatic heterocycles. The molecule has 3 N–H and O–H groups in total. The van der Waals surface area contributed by atoms with E-state index in [4.69, 9.17) is 15.2 Å². The molecular formula is C14H24N2O2. The molecule has 0 bridgehead atoms. The molecular weight excluding hydrogens is 228 g/mol. The van der Waals surface area contributed by atoms with Crippen LogP contribution in [0.5, 0.6) is 11.5 Å². The number of nitrogen functional groups attached to an aromatic ring is 1. The summed E-state index contributed by atoms with van der Waals surface area (Å²) >= 11 is 0. The summed E-state index contributed by atoms with van der Waals surface area (Å²) in [6.45, 7) is 5.33. The zero-order chi connectivity index (χ0) is 13.5. The predicted molar refractivity (Wildman–Crippen MR) is 76.5 cm³/mol. The van der Waals surface area contributed by atoms with Gasteiger partial charge in [0.2, 0.25) is 0 Å². The number of benzene rings is 1. The van der Waals surface area contributed by atoms with Gasteiger partial charge in [0, 0.05) is 18.7 Å². The maximum absolute atomic E-state index is 5.99. The highest BCUT2D eigenvalue weighted by Gasteiger charge is 2.10. The lowest BCUT2D eigenvalue weighted by Gasteiger charge is -2.17. The van der Waals surface area contributed by atoms with E-state index in [0.29, 0.717) is 23.1 Å². The summed E-state index contributed by atoms with van der Waals surface area (Å²) in [4.78, 5) is 0. The van der Waals surface area contributed by atoms with Gasteiger partial charge < -0.3 is 20.5 Å². The third-order valence-electron chi connectivity index (χ3n) is 3.29. The lowest BCUT2D eigenvalue weighted by Crippen LogP contribution is -2.13. The van der Waals surface area contributed by atoms with Gasteiger partial charge >= 0.3 is 0 Å². The van der Waals surface area contributed by atoms with Crippen LogP contribution in [0.15, 0.2) is 12.1 Å². The van der Waals surface area contributed by atoms with E-state index < -0.39 is 0 Å². The van der Waals surface area contributed by atoms with E-state index in [1.54, 1.807) is 20.3 Å². The first-order chi connectivity index (χ1) is 8.65. The van der Waals surface area contributed by atoms with E-state index in [2.05, 4.69) is 19.2 Å². The summed E-state index contributed by atoms with van der Waals surface area (Å²) < 4.78 is 10.5. The molecule has 0 atom stereocenters. The summed E-state index contributed by atoms with van der Waals surface area (Å²) in [5.74, 6) is 2.01. The molecule has 4 heteroatoms. The topological polar surface area (TPSA) is 56.5 Å². The van der Waals surface area contributed by atoms with Gasteiger partial charge in [-0.25, -0.2) is 0 Å². The van der Waals surface area contributed by atoms with Crippen molar-refractivity contribution in [3.05, 3.63) is 12.1 Å². The zero-order valence-corrected chi connectivity index (χ0v) is 11.7. The molecule has 0 saturated heterocycles. The second-order valence-electron chi connectivity index (χ2n) is 4.36. The monoisotopic (exact) mass is 252 g/mol. The highest BCUT2D eigenvalue weighted by molar-refractivity contribution is 5.72. The fourth-order valence-corrected chi connectivity index (χ4v) is 1.88. The molecule has 0 saturated carbocycles. The molecule has 0 fully saturated rings. The van der Waals surface area contributed by atoms with Gasteiger partial charge in [0.05, 0.1) is 25.6 Å². The third kappa shape index (κ3) is 3.45. The number of hydrogen-bond donors (Lipinski definition) is 2. The van der Waals surface area contributed by atoms with E-state index in [1.807, 2.05) is 6.07 Å². The lowest BCUT2D eigenvalue weighted by molar-refractivity contribution is 0.355. The molecule has 0 amide bonds. The van der Waals surface area contributed by atoms with E-state index >= 15 is 0 Å². The molecule has 0 aliphatic rings. The Kier molecular flexibility index (Phi) is 5.62. The van der Waals surface area contributed by atoms with Crippen LogP contribution in [-0.2, 0) is 0 Å². The van der Waals surface area contributed by atoms with Crippen molar-refractivity contribution in [3.8, 4) is 11.5 Å². The number of ether oxygens (including phenoxy) is 2. The van der Waals surface area contributed by atoms with Crippen LogP contribution in [0.3, 0.4) is 0 Å². The highest BCUT2D eigenvalue weighted by atomic mass is 16.5. The Bertz CT molecular complexity index is 376. The maximum atomic E-state index is 5.99. The molecule has 18 heavy (non-hydrogen) atoms. The standard InChI is InChI=1S/C14H24N2O2/c1-5-10(6-2)9-16-12-8-14(18-4)13(17-3)7-11(12)15/h7-8,10,16H,5-6,9,15H2,1-4H3. The Balaban J connectivity index is 2.82. The van der Waals surface area contributed by atoms with E-state index in [0.717, 1.165) is 25.1 Å². The van der Waals surface area contributed by atoms with Crippen molar-refractivity contribution in [1.29, 1.82) is 0 Å². The Morgan fingerprint density at radius 1 is 1.11 bits per heavy atom. The van der Waals surface area contributed by atoms with Crippen molar-refractivity contribution in [2.75, 3.05) is 31.8 Å². The van der Waals surface area contributed by atoms with Crippen molar-refractivity contribution in [2.24, 2.45) is 5.92 Å². The van der Waals surface area contributed by atoms with Gasteiger partial charge in [0.15, 0.2) is 11.5 Å². The lowest BCUT2D eigenvalue weighted by atomic mass is 10.0. The van der Waals surface area contributed by atoms with Gasteiger partial charge in [0.1, 0.15) is 0 Å². The summed E-state index contributed by atoms with van der Waals surface area (Å²) in [5, 5.41) is 3.38. The van der Waals surface area contributed by atoms with Crippen LogP contribution < -0.4 is 20.5 Å². The number of methoxy groups -OCH3 is 2. The van der Waals surface area contributed by atoms with Crippen molar-refractivity contribution >= 4 is 11.4 Å². The van der Waals surface area contributed by atoms with Crippen molar-refractivity contribution in [1.82, 2.24) is 0 Å². The predicted octanol–water partition coefficient (Wildman–Crippen LogP) is 3.13. The largest absolute Gasteiger partial charge is 0.493 e. The van der Waals surface area contributed by atoms with Crippen LogP contribution in [0.2, 0.25) is 0 Å². The number of nitrogens with one attached hydrogen (secondary N) is 1. The Morgan fingerprint density at radius 2 is 1.67 bits per heavy atom. The number of anilines is 2. The first kappa shape index (κ1) is 14.5. The van der Waals surface area contributed by atoms with Gasteiger partial charge in [-0.3, -0.25) is 0 Å². The first-order valence-electron chi connectivity index (χ1n) is 6.41. The van der Waals surface area contributed by atoms with Crippen molar-refractivity contribution in [3.63, 3.8) is 0 Å². The Hall–Kier alpha value is -1.58. The number of rotatable bonds is 7. The zero-order valence-electron chi connectivity index (χ0n) is 11.7. The smallest absolute Gasteiger partial charge is 0.162 e. The first-order valence-corrected chi connectivity index (χ1v) is 6.41. The van der Waals surface area contributed by atoms with Crippen LogP contribution in [0.1, 0.15) is 26.7 Å². The molecule has 0 aliphatic carbocycles. The maximum Gasteiger partial charge on any atom is 0.162 e. The SMILES string of the molecule is CCC(CC)CNc1cc(OC)c(OC)cc1N. The van der Waals surface area contributed by atoms with Crippen LogP contribution in [0.4, 0.5) is 11.4 Å². The third-order valence-corrected chi connectivity index (χ3v) is 3.29. The number of nitrogens with two attached hydrogens (primary N) is 1. The van der Waals surface area contributed by atoms with Crippen LogP contribution in [0.25, 0.3) is 0 Å². The van der Waals surface area contributed by atoms with Gasteiger partial charge in [0.25, 0.3) is 0 Å². The molecule has 0 spiro atoms. The van der Waals surface area contributed by atoms with Crippen molar-refractivity contribution < 1.29 is 9.47 Å². The minimum atomic E-state index is 0.656. The molecule has 1 rings (SSSR count).